The van der Waals surface area contributed by atoms with Crippen LogP contribution < -0.4 is 0 Å². The lowest BCUT2D eigenvalue weighted by atomic mass is 9.96. The third-order valence-corrected chi connectivity index (χ3v) is 4.21. The Morgan fingerprint density at radius 1 is 1.25 bits per heavy atom. The topological polar surface area (TPSA) is 59.2 Å². The molecule has 1 heterocycles. The quantitative estimate of drug-likeness (QED) is 0.740. The molecule has 1 aromatic carbocycles. The van der Waals surface area contributed by atoms with Crippen LogP contribution in [-0.4, -0.2) is 28.0 Å². The number of carbonyl (C=O) groups excluding carboxylic acids is 1. The highest BCUT2D eigenvalue weighted by molar-refractivity contribution is 9.10. The minimum absolute atomic E-state index is 0.119. The van der Waals surface area contributed by atoms with Crippen molar-refractivity contribution in [3.63, 3.8) is 0 Å². The van der Waals surface area contributed by atoms with Gasteiger partial charge in [0.05, 0.1) is 0 Å². The van der Waals surface area contributed by atoms with Crippen molar-refractivity contribution in [3.05, 3.63) is 46.0 Å². The maximum atomic E-state index is 12.2. The molecule has 0 unspecified atom stereocenters. The molecule has 2 rings (SSSR count). The van der Waals surface area contributed by atoms with Gasteiger partial charge >= 0.3 is 0 Å². The van der Waals surface area contributed by atoms with Gasteiger partial charge in [0.25, 0.3) is 0 Å². The van der Waals surface area contributed by atoms with E-state index in [0.717, 1.165) is 10.0 Å². The second kappa shape index (κ2) is 7.92. The molecule has 1 amide bonds. The molecule has 0 spiro atoms. The minimum Gasteiger partial charge on any atom is -0.341 e. The van der Waals surface area contributed by atoms with E-state index in [9.17, 15) is 4.79 Å². The number of halogens is 1. The van der Waals surface area contributed by atoms with Gasteiger partial charge in [-0.3, -0.25) is 4.79 Å². The predicted molar refractivity (Wildman–Crippen MR) is 96.6 cm³/mol. The first-order chi connectivity index (χ1) is 11.3. The lowest BCUT2D eigenvalue weighted by Crippen LogP contribution is -2.25. The summed E-state index contributed by atoms with van der Waals surface area (Å²) in [5, 5.41) is 4.00. The highest BCUT2D eigenvalue weighted by Gasteiger charge is 2.21. The van der Waals surface area contributed by atoms with Gasteiger partial charge in [-0.05, 0) is 24.1 Å². The number of benzene rings is 1. The molecule has 0 aliphatic carbocycles. The molecule has 0 saturated carbocycles. The average Bonchev–Trinajstić information content (AvgIpc) is 2.98. The van der Waals surface area contributed by atoms with Gasteiger partial charge in [-0.1, -0.05) is 54.0 Å². The van der Waals surface area contributed by atoms with Gasteiger partial charge < -0.3 is 9.42 Å². The smallest absolute Gasteiger partial charge is 0.226 e. The van der Waals surface area contributed by atoms with Crippen LogP contribution in [0.5, 0.6) is 0 Å². The predicted octanol–water partition coefficient (Wildman–Crippen LogP) is 4.11. The summed E-state index contributed by atoms with van der Waals surface area (Å²) in [7, 11) is 1.83. The van der Waals surface area contributed by atoms with E-state index < -0.39 is 0 Å². The molecule has 1 aromatic heterocycles. The van der Waals surface area contributed by atoms with Crippen LogP contribution in [0.1, 0.15) is 50.9 Å². The second-order valence-electron chi connectivity index (χ2n) is 6.99. The van der Waals surface area contributed by atoms with Crippen molar-refractivity contribution in [2.75, 3.05) is 7.05 Å². The molecule has 5 nitrogen and oxygen atoms in total. The molecule has 0 saturated heterocycles. The normalized spacial score (nSPS) is 11.5. The molecule has 130 valence electrons. The summed E-state index contributed by atoms with van der Waals surface area (Å²) in [6, 6.07) is 7.99. The van der Waals surface area contributed by atoms with Crippen LogP contribution in [0.2, 0.25) is 0 Å². The maximum absolute atomic E-state index is 12.2. The number of hydrogen-bond acceptors (Lipinski definition) is 4. The SMILES string of the molecule is CN(Cc1ccc(Br)cc1)C(=O)CCCc1nc(C(C)(C)C)no1. The van der Waals surface area contributed by atoms with E-state index >= 15 is 0 Å². The van der Waals surface area contributed by atoms with E-state index in [4.69, 9.17) is 4.52 Å². The van der Waals surface area contributed by atoms with Crippen LogP contribution in [0.25, 0.3) is 0 Å². The number of amides is 1. The van der Waals surface area contributed by atoms with Crippen LogP contribution in [0, 0.1) is 0 Å². The van der Waals surface area contributed by atoms with E-state index in [1.807, 2.05) is 52.1 Å². The zero-order chi connectivity index (χ0) is 17.7. The molecule has 0 N–H and O–H groups in total. The van der Waals surface area contributed by atoms with Crippen LogP contribution in [0.4, 0.5) is 0 Å². The Kier molecular flexibility index (Phi) is 6.15. The lowest BCUT2D eigenvalue weighted by molar-refractivity contribution is -0.130. The largest absolute Gasteiger partial charge is 0.341 e. The molecular weight excluding hydrogens is 370 g/mol. The van der Waals surface area contributed by atoms with Gasteiger partial charge in [0.1, 0.15) is 0 Å². The Labute approximate surface area is 151 Å². The van der Waals surface area contributed by atoms with E-state index in [0.29, 0.717) is 37.5 Å². The minimum atomic E-state index is -0.123. The molecule has 2 aromatic rings. The molecule has 0 radical (unpaired) electrons. The van der Waals surface area contributed by atoms with Crippen molar-refractivity contribution in [2.45, 2.75) is 52.0 Å². The Morgan fingerprint density at radius 2 is 1.92 bits per heavy atom. The zero-order valence-corrected chi connectivity index (χ0v) is 16.3. The number of rotatable bonds is 6. The van der Waals surface area contributed by atoms with Gasteiger partial charge in [0.15, 0.2) is 5.82 Å². The van der Waals surface area contributed by atoms with Gasteiger partial charge in [-0.25, -0.2) is 0 Å². The van der Waals surface area contributed by atoms with Crippen LogP contribution in [0.3, 0.4) is 0 Å². The van der Waals surface area contributed by atoms with Gasteiger partial charge in [0.2, 0.25) is 11.8 Å². The third kappa shape index (κ3) is 5.44. The second-order valence-corrected chi connectivity index (χ2v) is 7.91. The van der Waals surface area contributed by atoms with Crippen molar-refractivity contribution in [1.82, 2.24) is 15.0 Å². The number of hydrogen-bond donors (Lipinski definition) is 0. The summed E-state index contributed by atoms with van der Waals surface area (Å²) in [6.07, 6.45) is 1.80. The first-order valence-corrected chi connectivity index (χ1v) is 8.86. The molecular formula is C18H24BrN3O2. The number of carbonyl (C=O) groups is 1. The molecule has 6 heteroatoms. The van der Waals surface area contributed by atoms with Crippen LogP contribution in [-0.2, 0) is 23.2 Å². The zero-order valence-electron chi connectivity index (χ0n) is 14.7. The average molecular weight is 394 g/mol. The summed E-state index contributed by atoms with van der Waals surface area (Å²) in [6.45, 7) is 6.74. The molecule has 0 atom stereocenters. The monoisotopic (exact) mass is 393 g/mol. The third-order valence-electron chi connectivity index (χ3n) is 3.68. The summed E-state index contributed by atoms with van der Waals surface area (Å²) >= 11 is 3.41. The highest BCUT2D eigenvalue weighted by atomic mass is 79.9. The maximum Gasteiger partial charge on any atom is 0.226 e. The summed E-state index contributed by atoms with van der Waals surface area (Å²) in [4.78, 5) is 18.4. The molecule has 0 aliphatic rings. The lowest BCUT2D eigenvalue weighted by Gasteiger charge is -2.17. The summed E-state index contributed by atoms with van der Waals surface area (Å²) in [5.41, 5.74) is 0.989. The summed E-state index contributed by atoms with van der Waals surface area (Å²) in [5.74, 6) is 1.42. The van der Waals surface area contributed by atoms with E-state index in [2.05, 4.69) is 26.1 Å². The van der Waals surface area contributed by atoms with Gasteiger partial charge in [0, 0.05) is 36.3 Å². The first kappa shape index (κ1) is 18.6. The van der Waals surface area contributed by atoms with E-state index in [1.165, 1.54) is 0 Å². The number of aryl methyl sites for hydroxylation is 1. The fourth-order valence-corrected chi connectivity index (χ4v) is 2.46. The van der Waals surface area contributed by atoms with Crippen LogP contribution >= 0.6 is 15.9 Å². The van der Waals surface area contributed by atoms with Crippen molar-refractivity contribution in [3.8, 4) is 0 Å². The highest BCUT2D eigenvalue weighted by Crippen LogP contribution is 2.19. The van der Waals surface area contributed by atoms with Gasteiger partial charge in [-0.2, -0.15) is 4.98 Å². The van der Waals surface area contributed by atoms with E-state index in [1.54, 1.807) is 4.90 Å². The fourth-order valence-electron chi connectivity index (χ4n) is 2.19. The van der Waals surface area contributed by atoms with E-state index in [-0.39, 0.29) is 11.3 Å². The fraction of sp³-hybridized carbons (Fsp3) is 0.500. The Bertz CT molecular complexity index is 674. The van der Waals surface area contributed by atoms with Crippen molar-refractivity contribution in [2.24, 2.45) is 0 Å². The van der Waals surface area contributed by atoms with Crippen molar-refractivity contribution < 1.29 is 9.32 Å². The first-order valence-electron chi connectivity index (χ1n) is 8.07. The van der Waals surface area contributed by atoms with Crippen LogP contribution in [0.15, 0.2) is 33.3 Å². The Balaban J connectivity index is 1.78. The van der Waals surface area contributed by atoms with Gasteiger partial charge in [-0.15, -0.1) is 0 Å². The molecule has 0 aliphatic heterocycles. The number of aromatic nitrogens is 2. The molecule has 0 fully saturated rings. The molecule has 24 heavy (non-hydrogen) atoms. The standard InChI is InChI=1S/C18H24BrN3O2/c1-18(2,3)17-20-15(24-21-17)6-5-7-16(23)22(4)12-13-8-10-14(19)11-9-13/h8-11H,5-7,12H2,1-4H3. The van der Waals surface area contributed by atoms with Crippen molar-refractivity contribution in [1.29, 1.82) is 0 Å². The summed E-state index contributed by atoms with van der Waals surface area (Å²) < 4.78 is 6.29. The molecule has 0 bridgehead atoms. The Morgan fingerprint density at radius 3 is 2.50 bits per heavy atom. The van der Waals surface area contributed by atoms with Crippen molar-refractivity contribution >= 4 is 21.8 Å². The number of nitrogens with zero attached hydrogens (tertiary/aromatic N) is 3. The Hall–Kier alpha value is -1.69.